The first-order valence-corrected chi connectivity index (χ1v) is 7.73. The lowest BCUT2D eigenvalue weighted by Gasteiger charge is -2.38. The maximum atomic E-state index is 12.6. The Bertz CT molecular complexity index is 581. The average Bonchev–Trinajstić information content (AvgIpc) is 2.46. The highest BCUT2D eigenvalue weighted by atomic mass is 16.5. The first-order valence-electron chi connectivity index (χ1n) is 7.73. The summed E-state index contributed by atoms with van der Waals surface area (Å²) in [6.07, 6.45) is 1.19. The molecular weight excluding hydrogens is 280 g/mol. The van der Waals surface area contributed by atoms with Crippen LogP contribution in [0.25, 0.3) is 0 Å². The predicted molar refractivity (Wildman–Crippen MR) is 86.2 cm³/mol. The van der Waals surface area contributed by atoms with E-state index in [1.807, 2.05) is 32.0 Å². The Morgan fingerprint density at radius 1 is 1.36 bits per heavy atom. The molecule has 0 saturated carbocycles. The molecule has 0 bridgehead atoms. The summed E-state index contributed by atoms with van der Waals surface area (Å²) in [5.74, 6) is 0.534. The molecule has 0 aliphatic carbocycles. The van der Waals surface area contributed by atoms with Gasteiger partial charge in [0.1, 0.15) is 5.75 Å². The van der Waals surface area contributed by atoms with E-state index in [9.17, 15) is 9.59 Å². The summed E-state index contributed by atoms with van der Waals surface area (Å²) in [7, 11) is 0. The van der Waals surface area contributed by atoms with E-state index in [4.69, 9.17) is 4.74 Å². The van der Waals surface area contributed by atoms with E-state index in [2.05, 4.69) is 5.32 Å². The lowest BCUT2D eigenvalue weighted by atomic mass is 10.0. The van der Waals surface area contributed by atoms with Gasteiger partial charge in [-0.05, 0) is 44.9 Å². The number of hydrogen-bond acceptors (Lipinski definition) is 3. The van der Waals surface area contributed by atoms with Crippen molar-refractivity contribution in [2.45, 2.75) is 46.1 Å². The molecule has 120 valence electrons. The van der Waals surface area contributed by atoms with Crippen LogP contribution in [0.1, 0.15) is 39.2 Å². The molecule has 0 aromatic heterocycles. The average molecular weight is 304 g/mol. The number of amides is 2. The molecule has 2 amide bonds. The van der Waals surface area contributed by atoms with Gasteiger partial charge < -0.3 is 15.0 Å². The smallest absolute Gasteiger partial charge is 0.270 e. The van der Waals surface area contributed by atoms with Crippen molar-refractivity contribution < 1.29 is 14.3 Å². The van der Waals surface area contributed by atoms with Gasteiger partial charge in [0.25, 0.3) is 5.91 Å². The zero-order valence-electron chi connectivity index (χ0n) is 13.7. The van der Waals surface area contributed by atoms with Crippen LogP contribution in [-0.2, 0) is 9.59 Å². The van der Waals surface area contributed by atoms with Crippen LogP contribution in [0, 0.1) is 6.92 Å². The molecule has 1 aromatic carbocycles. The highest BCUT2D eigenvalue weighted by molar-refractivity contribution is 6.02. The number of carbonyl (C=O) groups excluding carboxylic acids is 2. The third-order valence-electron chi connectivity index (χ3n) is 3.67. The van der Waals surface area contributed by atoms with Crippen molar-refractivity contribution in [3.05, 3.63) is 23.8 Å². The van der Waals surface area contributed by atoms with Crippen LogP contribution in [0.15, 0.2) is 18.2 Å². The minimum absolute atomic E-state index is 0.0341. The Hall–Kier alpha value is -2.04. The maximum absolute atomic E-state index is 12.6. The normalized spacial score (nSPS) is 16.0. The summed E-state index contributed by atoms with van der Waals surface area (Å²) >= 11 is 0. The van der Waals surface area contributed by atoms with Gasteiger partial charge >= 0.3 is 0 Å². The molecule has 0 unspecified atom stereocenters. The van der Waals surface area contributed by atoms with Crippen molar-refractivity contribution in [1.82, 2.24) is 5.32 Å². The molecule has 1 aliphatic rings. The van der Waals surface area contributed by atoms with Gasteiger partial charge in [0.05, 0.1) is 5.69 Å². The molecule has 5 nitrogen and oxygen atoms in total. The molecule has 0 fully saturated rings. The van der Waals surface area contributed by atoms with Gasteiger partial charge in [0.2, 0.25) is 5.91 Å². The fraction of sp³-hybridized carbons (Fsp3) is 0.529. The van der Waals surface area contributed by atoms with Crippen LogP contribution in [0.4, 0.5) is 5.69 Å². The number of carbonyl (C=O) groups is 2. The van der Waals surface area contributed by atoms with Gasteiger partial charge in [0, 0.05) is 19.5 Å². The highest BCUT2D eigenvalue weighted by Gasteiger charge is 2.40. The third-order valence-corrected chi connectivity index (χ3v) is 3.67. The Morgan fingerprint density at radius 3 is 2.77 bits per heavy atom. The third kappa shape index (κ3) is 3.40. The molecular formula is C17H24N2O3. The number of benzene rings is 1. The summed E-state index contributed by atoms with van der Waals surface area (Å²) < 4.78 is 5.80. The minimum Gasteiger partial charge on any atom is -0.476 e. The largest absolute Gasteiger partial charge is 0.476 e. The van der Waals surface area contributed by atoms with Crippen molar-refractivity contribution in [3.63, 3.8) is 0 Å². The number of nitrogens with one attached hydrogen (secondary N) is 1. The van der Waals surface area contributed by atoms with Crippen molar-refractivity contribution in [2.75, 3.05) is 18.0 Å². The summed E-state index contributed by atoms with van der Waals surface area (Å²) in [6, 6.07) is 5.76. The molecule has 1 aromatic rings. The summed E-state index contributed by atoms with van der Waals surface area (Å²) in [5, 5.41) is 2.83. The lowest BCUT2D eigenvalue weighted by molar-refractivity contribution is -0.132. The number of rotatable bonds is 5. The Morgan fingerprint density at radius 2 is 2.09 bits per heavy atom. The second kappa shape index (κ2) is 6.38. The summed E-state index contributed by atoms with van der Waals surface area (Å²) in [6.45, 7) is 8.50. The number of aryl methyl sites for hydroxylation is 1. The van der Waals surface area contributed by atoms with E-state index in [0.717, 1.165) is 17.7 Å². The molecule has 0 saturated heterocycles. The molecule has 1 N–H and O–H groups in total. The highest BCUT2D eigenvalue weighted by Crippen LogP contribution is 2.38. The van der Waals surface area contributed by atoms with Crippen LogP contribution in [0.5, 0.6) is 5.75 Å². The van der Waals surface area contributed by atoms with Crippen molar-refractivity contribution >= 4 is 17.5 Å². The number of nitrogens with zero attached hydrogens (tertiary/aromatic N) is 1. The number of ether oxygens (including phenoxy) is 1. The zero-order valence-corrected chi connectivity index (χ0v) is 13.7. The molecule has 22 heavy (non-hydrogen) atoms. The Labute approximate surface area is 131 Å². The van der Waals surface area contributed by atoms with Gasteiger partial charge in [-0.25, -0.2) is 0 Å². The molecule has 1 aliphatic heterocycles. The van der Waals surface area contributed by atoms with Crippen LogP contribution in [-0.4, -0.2) is 30.5 Å². The first-order chi connectivity index (χ1) is 10.3. The van der Waals surface area contributed by atoms with Gasteiger partial charge in [-0.1, -0.05) is 13.0 Å². The number of anilines is 1. The number of fused-ring (bicyclic) bond motifs is 1. The first kappa shape index (κ1) is 16.3. The van der Waals surface area contributed by atoms with Gasteiger partial charge in [-0.3, -0.25) is 9.59 Å². The fourth-order valence-corrected chi connectivity index (χ4v) is 2.47. The fourth-order valence-electron chi connectivity index (χ4n) is 2.47. The number of hydrogen-bond donors (Lipinski definition) is 1. The van der Waals surface area contributed by atoms with Crippen molar-refractivity contribution in [2.24, 2.45) is 0 Å². The molecule has 2 rings (SSSR count). The lowest BCUT2D eigenvalue weighted by Crippen LogP contribution is -2.53. The molecule has 1 heterocycles. The van der Waals surface area contributed by atoms with Crippen LogP contribution in [0.2, 0.25) is 0 Å². The summed E-state index contributed by atoms with van der Waals surface area (Å²) in [4.78, 5) is 26.1. The quantitative estimate of drug-likeness (QED) is 0.909. The van der Waals surface area contributed by atoms with Crippen LogP contribution in [0.3, 0.4) is 0 Å². The van der Waals surface area contributed by atoms with Crippen LogP contribution < -0.4 is 15.0 Å². The summed E-state index contributed by atoms with van der Waals surface area (Å²) in [5.41, 5.74) is 0.880. The van der Waals surface area contributed by atoms with Gasteiger partial charge in [-0.2, -0.15) is 0 Å². The van der Waals surface area contributed by atoms with E-state index in [-0.39, 0.29) is 18.2 Å². The molecule has 0 spiro atoms. The minimum atomic E-state index is -0.915. The van der Waals surface area contributed by atoms with Gasteiger partial charge in [0.15, 0.2) is 5.60 Å². The molecule has 0 radical (unpaired) electrons. The van der Waals surface area contributed by atoms with E-state index >= 15 is 0 Å². The maximum Gasteiger partial charge on any atom is 0.270 e. The van der Waals surface area contributed by atoms with Crippen LogP contribution >= 0.6 is 0 Å². The standard InChI is InChI=1S/C17H24N2O3/c1-5-9-18-15(20)8-10-19-13-11-12(2)6-7-14(13)22-17(3,4)16(19)21/h6-7,11H,5,8-10H2,1-4H3,(H,18,20). The monoisotopic (exact) mass is 304 g/mol. The predicted octanol–water partition coefficient (Wildman–Crippen LogP) is 2.42. The second-order valence-electron chi connectivity index (χ2n) is 6.14. The topological polar surface area (TPSA) is 58.6 Å². The van der Waals surface area contributed by atoms with E-state index in [0.29, 0.717) is 18.8 Å². The van der Waals surface area contributed by atoms with Crippen molar-refractivity contribution in [3.8, 4) is 5.75 Å². The Kier molecular flexibility index (Phi) is 4.74. The van der Waals surface area contributed by atoms with E-state index < -0.39 is 5.60 Å². The van der Waals surface area contributed by atoms with Gasteiger partial charge in [-0.15, -0.1) is 0 Å². The second-order valence-corrected chi connectivity index (χ2v) is 6.14. The van der Waals surface area contributed by atoms with E-state index in [1.54, 1.807) is 18.7 Å². The van der Waals surface area contributed by atoms with E-state index in [1.165, 1.54) is 0 Å². The molecule has 0 atom stereocenters. The Balaban J connectivity index is 2.19. The van der Waals surface area contributed by atoms with Crippen molar-refractivity contribution in [1.29, 1.82) is 0 Å². The molecule has 5 heteroatoms. The SMILES string of the molecule is CCCNC(=O)CCN1C(=O)C(C)(C)Oc2ccc(C)cc21. The zero-order chi connectivity index (χ0) is 16.3.